The second-order valence-corrected chi connectivity index (χ2v) is 7.79. The van der Waals surface area contributed by atoms with Crippen LogP contribution in [-0.4, -0.2) is 44.8 Å². The van der Waals surface area contributed by atoms with E-state index < -0.39 is 10.0 Å². The fourth-order valence-corrected chi connectivity index (χ4v) is 3.55. The highest BCUT2D eigenvalue weighted by Crippen LogP contribution is 2.02. The van der Waals surface area contributed by atoms with E-state index in [2.05, 4.69) is 23.9 Å². The molecule has 0 heterocycles. The van der Waals surface area contributed by atoms with E-state index in [1.165, 1.54) is 0 Å². The number of hydrogen-bond donors (Lipinski definition) is 2. The van der Waals surface area contributed by atoms with E-state index in [1.54, 1.807) is 11.8 Å². The Bertz CT molecular complexity index is 292. The summed E-state index contributed by atoms with van der Waals surface area (Å²) in [4.78, 5) is 0. The smallest absolute Gasteiger partial charge is 0.211 e. The predicted octanol–water partition coefficient (Wildman–Crippen LogP) is 1.83. The number of thioether (sulfide) groups is 1. The van der Waals surface area contributed by atoms with Crippen LogP contribution in [0.3, 0.4) is 0 Å². The maximum atomic E-state index is 11.8. The van der Waals surface area contributed by atoms with Gasteiger partial charge in [0, 0.05) is 12.1 Å². The summed E-state index contributed by atoms with van der Waals surface area (Å²) in [6.45, 7) is 6.99. The van der Waals surface area contributed by atoms with Crippen LogP contribution in [0.5, 0.6) is 0 Å². The molecule has 0 aliphatic carbocycles. The first-order valence-corrected chi connectivity index (χ1v) is 9.64. The zero-order valence-corrected chi connectivity index (χ0v) is 13.7. The Morgan fingerprint density at radius 1 is 1.17 bits per heavy atom. The quantitative estimate of drug-likeness (QED) is 0.571. The molecule has 0 spiro atoms. The summed E-state index contributed by atoms with van der Waals surface area (Å²) in [5.41, 5.74) is 0. The van der Waals surface area contributed by atoms with E-state index in [-0.39, 0.29) is 11.8 Å². The summed E-state index contributed by atoms with van der Waals surface area (Å²) in [5.74, 6) is 1.22. The molecule has 0 saturated heterocycles. The molecule has 6 heteroatoms. The Kier molecular flexibility index (Phi) is 10.2. The van der Waals surface area contributed by atoms with Gasteiger partial charge in [-0.2, -0.15) is 11.8 Å². The van der Waals surface area contributed by atoms with Gasteiger partial charge in [0.2, 0.25) is 10.0 Å². The molecule has 1 atom stereocenters. The van der Waals surface area contributed by atoms with Crippen LogP contribution < -0.4 is 10.0 Å². The van der Waals surface area contributed by atoms with Gasteiger partial charge in [-0.15, -0.1) is 0 Å². The number of rotatable bonds is 11. The Hall–Kier alpha value is 0.220. The lowest BCUT2D eigenvalue weighted by Gasteiger charge is -2.13. The number of unbranched alkanes of at least 4 members (excludes halogenated alkanes) is 1. The molecule has 0 aromatic rings. The molecule has 0 aliphatic heterocycles. The molecule has 0 rings (SSSR count). The largest absolute Gasteiger partial charge is 0.315 e. The van der Waals surface area contributed by atoms with Crippen molar-refractivity contribution in [3.63, 3.8) is 0 Å². The average molecular weight is 297 g/mol. The molecule has 0 aliphatic rings. The van der Waals surface area contributed by atoms with E-state index in [4.69, 9.17) is 0 Å². The van der Waals surface area contributed by atoms with Gasteiger partial charge in [-0.3, -0.25) is 0 Å². The van der Waals surface area contributed by atoms with Crippen LogP contribution in [0.4, 0.5) is 0 Å². The van der Waals surface area contributed by atoms with Gasteiger partial charge in [-0.1, -0.05) is 13.8 Å². The van der Waals surface area contributed by atoms with Crippen LogP contribution in [0.2, 0.25) is 0 Å². The molecule has 0 aromatic carbocycles. The zero-order chi connectivity index (χ0) is 14.0. The number of sulfonamides is 1. The first kappa shape index (κ1) is 18.2. The first-order valence-electron chi connectivity index (χ1n) is 6.59. The van der Waals surface area contributed by atoms with Crippen molar-refractivity contribution < 1.29 is 8.42 Å². The van der Waals surface area contributed by atoms with E-state index in [1.807, 2.05) is 13.2 Å². The highest BCUT2D eigenvalue weighted by molar-refractivity contribution is 7.98. The molecular formula is C12H28N2O2S2. The van der Waals surface area contributed by atoms with Crippen molar-refractivity contribution in [2.24, 2.45) is 0 Å². The Balaban J connectivity index is 3.73. The van der Waals surface area contributed by atoms with E-state index in [0.29, 0.717) is 12.5 Å². The molecule has 0 bridgehead atoms. The van der Waals surface area contributed by atoms with Gasteiger partial charge < -0.3 is 5.32 Å². The average Bonchev–Trinajstić information content (AvgIpc) is 2.24. The van der Waals surface area contributed by atoms with Gasteiger partial charge in [0.05, 0.1) is 5.75 Å². The fraction of sp³-hybridized carbons (Fsp3) is 1.00. The van der Waals surface area contributed by atoms with Crippen molar-refractivity contribution in [2.75, 3.05) is 24.3 Å². The maximum Gasteiger partial charge on any atom is 0.211 e. The molecule has 18 heavy (non-hydrogen) atoms. The predicted molar refractivity (Wildman–Crippen MR) is 81.8 cm³/mol. The third-order valence-corrected chi connectivity index (χ3v) is 4.76. The topological polar surface area (TPSA) is 58.2 Å². The standard InChI is InChI=1S/C12H28N2O2S2/c1-11(2)13-8-5-6-10-18(15,16)14-12(3)7-9-17-4/h11-14H,5-10H2,1-4H3. The molecule has 0 fully saturated rings. The van der Waals surface area contributed by atoms with Crippen molar-refractivity contribution in [1.82, 2.24) is 10.0 Å². The van der Waals surface area contributed by atoms with Crippen LogP contribution in [0.15, 0.2) is 0 Å². The molecule has 0 aromatic heterocycles. The molecule has 0 saturated carbocycles. The maximum absolute atomic E-state index is 11.8. The third-order valence-electron chi connectivity index (χ3n) is 2.53. The first-order chi connectivity index (χ1) is 8.37. The minimum Gasteiger partial charge on any atom is -0.315 e. The molecule has 0 amide bonds. The molecule has 0 radical (unpaired) electrons. The highest BCUT2D eigenvalue weighted by Gasteiger charge is 2.13. The molecule has 4 nitrogen and oxygen atoms in total. The third kappa shape index (κ3) is 11.3. The summed E-state index contributed by atoms with van der Waals surface area (Å²) in [5, 5.41) is 3.28. The molecule has 110 valence electrons. The van der Waals surface area contributed by atoms with Crippen molar-refractivity contribution in [1.29, 1.82) is 0 Å². The fourth-order valence-electron chi connectivity index (χ4n) is 1.53. The van der Waals surface area contributed by atoms with Crippen LogP contribution in [0.25, 0.3) is 0 Å². The van der Waals surface area contributed by atoms with Crippen molar-refractivity contribution in [2.45, 2.75) is 52.1 Å². The highest BCUT2D eigenvalue weighted by atomic mass is 32.2. The Labute approximate surface area is 117 Å². The Morgan fingerprint density at radius 2 is 1.83 bits per heavy atom. The summed E-state index contributed by atoms with van der Waals surface area (Å²) in [7, 11) is -3.10. The second kappa shape index (κ2) is 10.1. The lowest BCUT2D eigenvalue weighted by atomic mass is 10.3. The monoisotopic (exact) mass is 296 g/mol. The van der Waals surface area contributed by atoms with Gasteiger partial charge in [0.15, 0.2) is 0 Å². The SMILES string of the molecule is CSCCC(C)NS(=O)(=O)CCCCNC(C)C. The summed E-state index contributed by atoms with van der Waals surface area (Å²) in [6.07, 6.45) is 4.53. The number of hydrogen-bond acceptors (Lipinski definition) is 4. The molecule has 2 N–H and O–H groups in total. The lowest BCUT2D eigenvalue weighted by Crippen LogP contribution is -2.35. The Morgan fingerprint density at radius 3 is 2.39 bits per heavy atom. The van der Waals surface area contributed by atoms with Crippen LogP contribution in [-0.2, 0) is 10.0 Å². The van der Waals surface area contributed by atoms with Crippen LogP contribution in [0.1, 0.15) is 40.0 Å². The van der Waals surface area contributed by atoms with Crippen molar-refractivity contribution in [3.05, 3.63) is 0 Å². The van der Waals surface area contributed by atoms with Crippen molar-refractivity contribution in [3.8, 4) is 0 Å². The van der Waals surface area contributed by atoms with E-state index >= 15 is 0 Å². The minimum absolute atomic E-state index is 0.0382. The van der Waals surface area contributed by atoms with Gasteiger partial charge in [0.25, 0.3) is 0 Å². The lowest BCUT2D eigenvalue weighted by molar-refractivity contribution is 0.544. The van der Waals surface area contributed by atoms with Gasteiger partial charge >= 0.3 is 0 Å². The van der Waals surface area contributed by atoms with Gasteiger partial charge in [0.1, 0.15) is 0 Å². The number of nitrogens with one attached hydrogen (secondary N) is 2. The molecule has 1 unspecified atom stereocenters. The summed E-state index contributed by atoms with van der Waals surface area (Å²) < 4.78 is 26.3. The van der Waals surface area contributed by atoms with Crippen LogP contribution in [0, 0.1) is 0 Å². The molecular weight excluding hydrogens is 268 g/mol. The van der Waals surface area contributed by atoms with E-state index in [9.17, 15) is 8.42 Å². The normalized spacial score (nSPS) is 14.1. The van der Waals surface area contributed by atoms with Gasteiger partial charge in [-0.25, -0.2) is 13.1 Å². The second-order valence-electron chi connectivity index (χ2n) is 4.94. The summed E-state index contributed by atoms with van der Waals surface area (Å²) >= 11 is 1.74. The van der Waals surface area contributed by atoms with E-state index in [0.717, 1.165) is 25.1 Å². The summed E-state index contributed by atoms with van der Waals surface area (Å²) in [6, 6.07) is 0.502. The minimum atomic E-state index is -3.10. The zero-order valence-electron chi connectivity index (χ0n) is 12.0. The van der Waals surface area contributed by atoms with Crippen molar-refractivity contribution >= 4 is 21.8 Å². The van der Waals surface area contributed by atoms with Gasteiger partial charge in [-0.05, 0) is 44.7 Å². The van der Waals surface area contributed by atoms with Crippen LogP contribution >= 0.6 is 11.8 Å².